The van der Waals surface area contributed by atoms with E-state index in [4.69, 9.17) is 0 Å². The molecule has 4 nitrogen and oxygen atoms in total. The summed E-state index contributed by atoms with van der Waals surface area (Å²) in [7, 11) is 0. The number of halogens is 3. The fraction of sp³-hybridized carbons (Fsp3) is 0.286. The van der Waals surface area contributed by atoms with Crippen LogP contribution in [0.15, 0.2) is 36.4 Å². The standard InChI is InChI=1S/C14H14F3N3O/c1-9(2)7-20-13(12(8-21)18-19-20)10-3-5-11(6-4-10)14(15,16)17/h3-6,21H,1,7-8H2,2H3. The van der Waals surface area contributed by atoms with Crippen molar-refractivity contribution in [2.75, 3.05) is 0 Å². The molecule has 0 saturated heterocycles. The lowest BCUT2D eigenvalue weighted by atomic mass is 10.1. The van der Waals surface area contributed by atoms with Crippen LogP contribution in [-0.2, 0) is 19.3 Å². The molecule has 2 aromatic rings. The molecule has 0 aliphatic rings. The van der Waals surface area contributed by atoms with Crippen LogP contribution in [0.3, 0.4) is 0 Å². The van der Waals surface area contributed by atoms with Crippen LogP contribution in [0.25, 0.3) is 11.3 Å². The molecule has 0 atom stereocenters. The highest BCUT2D eigenvalue weighted by Gasteiger charge is 2.30. The molecule has 0 radical (unpaired) electrons. The Hall–Kier alpha value is -2.15. The minimum Gasteiger partial charge on any atom is -0.390 e. The second-order valence-electron chi connectivity index (χ2n) is 4.73. The van der Waals surface area contributed by atoms with Gasteiger partial charge in [0.1, 0.15) is 5.69 Å². The second-order valence-corrected chi connectivity index (χ2v) is 4.73. The molecule has 7 heteroatoms. The number of rotatable bonds is 4. The lowest BCUT2D eigenvalue weighted by Crippen LogP contribution is -2.06. The zero-order valence-electron chi connectivity index (χ0n) is 11.4. The molecule has 0 amide bonds. The first-order valence-electron chi connectivity index (χ1n) is 6.18. The summed E-state index contributed by atoms with van der Waals surface area (Å²) in [4.78, 5) is 0. The summed E-state index contributed by atoms with van der Waals surface area (Å²) in [6, 6.07) is 4.67. The summed E-state index contributed by atoms with van der Waals surface area (Å²) >= 11 is 0. The maximum Gasteiger partial charge on any atom is 0.416 e. The Kier molecular flexibility index (Phi) is 4.13. The first-order chi connectivity index (χ1) is 9.82. The molecule has 1 aromatic heterocycles. The predicted molar refractivity (Wildman–Crippen MR) is 71.2 cm³/mol. The molecule has 0 bridgehead atoms. The molecule has 0 unspecified atom stereocenters. The molecular formula is C14H14F3N3O. The average Bonchev–Trinajstić information content (AvgIpc) is 2.80. The van der Waals surface area contributed by atoms with Crippen molar-refractivity contribution >= 4 is 0 Å². The van der Waals surface area contributed by atoms with E-state index in [0.717, 1.165) is 17.7 Å². The second kappa shape index (κ2) is 5.69. The highest BCUT2D eigenvalue weighted by Crippen LogP contribution is 2.31. The van der Waals surface area contributed by atoms with Gasteiger partial charge in [0.15, 0.2) is 0 Å². The molecule has 0 spiro atoms. The Morgan fingerprint density at radius 1 is 1.29 bits per heavy atom. The highest BCUT2D eigenvalue weighted by molar-refractivity contribution is 5.62. The van der Waals surface area contributed by atoms with Gasteiger partial charge in [-0.15, -0.1) is 5.10 Å². The lowest BCUT2D eigenvalue weighted by Gasteiger charge is -2.10. The smallest absolute Gasteiger partial charge is 0.390 e. The number of alkyl halides is 3. The molecule has 0 saturated carbocycles. The van der Waals surface area contributed by atoms with E-state index in [0.29, 0.717) is 23.5 Å². The first-order valence-corrected chi connectivity index (χ1v) is 6.18. The van der Waals surface area contributed by atoms with Crippen molar-refractivity contribution in [2.24, 2.45) is 0 Å². The Labute approximate surface area is 119 Å². The number of aliphatic hydroxyl groups is 1. The van der Waals surface area contributed by atoms with Gasteiger partial charge in [0.2, 0.25) is 0 Å². The normalized spacial score (nSPS) is 11.7. The SMILES string of the molecule is C=C(C)Cn1nnc(CO)c1-c1ccc(C(F)(F)F)cc1. The predicted octanol–water partition coefficient (Wildman–Crippen LogP) is 3.03. The summed E-state index contributed by atoms with van der Waals surface area (Å²) in [6.07, 6.45) is -4.38. The highest BCUT2D eigenvalue weighted by atomic mass is 19.4. The number of hydrogen-bond acceptors (Lipinski definition) is 3. The number of aromatic nitrogens is 3. The van der Waals surface area contributed by atoms with Crippen molar-refractivity contribution in [3.63, 3.8) is 0 Å². The number of benzene rings is 1. The zero-order valence-corrected chi connectivity index (χ0v) is 11.4. The zero-order chi connectivity index (χ0) is 15.6. The van der Waals surface area contributed by atoms with Crippen molar-refractivity contribution in [1.82, 2.24) is 15.0 Å². The molecule has 1 aromatic carbocycles. The Bertz CT molecular complexity index is 644. The van der Waals surface area contributed by atoms with E-state index in [9.17, 15) is 18.3 Å². The van der Waals surface area contributed by atoms with E-state index in [1.807, 2.05) is 0 Å². The molecular weight excluding hydrogens is 283 g/mol. The van der Waals surface area contributed by atoms with E-state index in [-0.39, 0.29) is 6.61 Å². The molecule has 1 N–H and O–H groups in total. The van der Waals surface area contributed by atoms with Gasteiger partial charge >= 0.3 is 6.18 Å². The average molecular weight is 297 g/mol. The van der Waals surface area contributed by atoms with Gasteiger partial charge in [0, 0.05) is 5.56 Å². The van der Waals surface area contributed by atoms with Gasteiger partial charge in [0.25, 0.3) is 0 Å². The molecule has 1 heterocycles. The van der Waals surface area contributed by atoms with E-state index in [2.05, 4.69) is 16.9 Å². The van der Waals surface area contributed by atoms with E-state index >= 15 is 0 Å². The first kappa shape index (κ1) is 15.2. The van der Waals surface area contributed by atoms with Crippen molar-refractivity contribution in [3.8, 4) is 11.3 Å². The number of hydrogen-bond donors (Lipinski definition) is 1. The van der Waals surface area contributed by atoms with Crippen LogP contribution < -0.4 is 0 Å². The summed E-state index contributed by atoms with van der Waals surface area (Å²) < 4.78 is 39.2. The van der Waals surface area contributed by atoms with Crippen LogP contribution in [-0.4, -0.2) is 20.1 Å². The van der Waals surface area contributed by atoms with Crippen LogP contribution in [0.4, 0.5) is 13.2 Å². The van der Waals surface area contributed by atoms with E-state index < -0.39 is 11.7 Å². The van der Waals surface area contributed by atoms with Gasteiger partial charge in [-0.3, -0.25) is 0 Å². The molecule has 0 aliphatic heterocycles. The van der Waals surface area contributed by atoms with Gasteiger partial charge in [0.05, 0.1) is 24.4 Å². The fourth-order valence-electron chi connectivity index (χ4n) is 1.95. The van der Waals surface area contributed by atoms with Crippen LogP contribution in [0.2, 0.25) is 0 Å². The number of allylic oxidation sites excluding steroid dienone is 1. The van der Waals surface area contributed by atoms with Gasteiger partial charge in [-0.05, 0) is 19.1 Å². The summed E-state index contributed by atoms with van der Waals surface area (Å²) in [6.45, 7) is 5.61. The molecule has 0 aliphatic carbocycles. The Morgan fingerprint density at radius 2 is 1.90 bits per heavy atom. The monoisotopic (exact) mass is 297 g/mol. The van der Waals surface area contributed by atoms with Crippen LogP contribution in [0.5, 0.6) is 0 Å². The molecule has 0 fully saturated rings. The van der Waals surface area contributed by atoms with Crippen LogP contribution >= 0.6 is 0 Å². The third kappa shape index (κ3) is 3.30. The van der Waals surface area contributed by atoms with Crippen LogP contribution in [0.1, 0.15) is 18.2 Å². The van der Waals surface area contributed by atoms with Crippen molar-refractivity contribution in [2.45, 2.75) is 26.3 Å². The minimum absolute atomic E-state index is 0.316. The topological polar surface area (TPSA) is 50.9 Å². The van der Waals surface area contributed by atoms with E-state index in [1.165, 1.54) is 16.8 Å². The number of nitrogens with zero attached hydrogens (tertiary/aromatic N) is 3. The maximum absolute atomic E-state index is 12.6. The quantitative estimate of drug-likeness (QED) is 0.883. The molecule has 21 heavy (non-hydrogen) atoms. The minimum atomic E-state index is -4.38. The van der Waals surface area contributed by atoms with Gasteiger partial charge < -0.3 is 5.11 Å². The van der Waals surface area contributed by atoms with Crippen molar-refractivity contribution in [1.29, 1.82) is 0 Å². The summed E-state index contributed by atoms with van der Waals surface area (Å²) in [5, 5.41) is 17.0. The summed E-state index contributed by atoms with van der Waals surface area (Å²) in [5.74, 6) is 0. The van der Waals surface area contributed by atoms with Crippen LogP contribution in [0, 0.1) is 0 Å². The fourth-order valence-corrected chi connectivity index (χ4v) is 1.95. The Balaban J connectivity index is 2.45. The van der Waals surface area contributed by atoms with Gasteiger partial charge in [-0.1, -0.05) is 29.5 Å². The van der Waals surface area contributed by atoms with Crippen molar-refractivity contribution in [3.05, 3.63) is 47.7 Å². The van der Waals surface area contributed by atoms with E-state index in [1.54, 1.807) is 6.92 Å². The molecule has 112 valence electrons. The summed E-state index contributed by atoms with van der Waals surface area (Å²) in [5.41, 5.74) is 1.41. The third-order valence-corrected chi connectivity index (χ3v) is 2.86. The third-order valence-electron chi connectivity index (χ3n) is 2.86. The molecule has 2 rings (SSSR count). The lowest BCUT2D eigenvalue weighted by molar-refractivity contribution is -0.137. The van der Waals surface area contributed by atoms with Crippen molar-refractivity contribution < 1.29 is 18.3 Å². The largest absolute Gasteiger partial charge is 0.416 e. The number of aliphatic hydroxyl groups excluding tert-OH is 1. The van der Waals surface area contributed by atoms with Gasteiger partial charge in [-0.25, -0.2) is 4.68 Å². The van der Waals surface area contributed by atoms with Gasteiger partial charge in [-0.2, -0.15) is 13.2 Å². The maximum atomic E-state index is 12.6. The Morgan fingerprint density at radius 3 is 2.38 bits per heavy atom.